The monoisotopic (exact) mass is 208 g/mol. The lowest BCUT2D eigenvalue weighted by Gasteiger charge is -2.07. The zero-order chi connectivity index (χ0) is 9.97. The van der Waals surface area contributed by atoms with Gasteiger partial charge in [-0.05, 0) is 11.4 Å². The van der Waals surface area contributed by atoms with Gasteiger partial charge in [0.25, 0.3) is 0 Å². The van der Waals surface area contributed by atoms with Gasteiger partial charge in [-0.2, -0.15) is 0 Å². The van der Waals surface area contributed by atoms with Crippen molar-refractivity contribution < 1.29 is 5.11 Å². The molecule has 0 aromatic carbocycles. The van der Waals surface area contributed by atoms with Crippen LogP contribution in [0.4, 0.5) is 0 Å². The predicted molar refractivity (Wildman–Crippen MR) is 56.2 cm³/mol. The molecule has 4 heteroatoms. The van der Waals surface area contributed by atoms with Gasteiger partial charge in [-0.3, -0.25) is 0 Å². The van der Waals surface area contributed by atoms with E-state index in [-0.39, 0.29) is 0 Å². The standard InChI is InChI=1S/C10H12N2OS/c1-12-5-4-11-10(12)7-8(13)9-3-2-6-14-9/h2-6,8,13H,7H2,1H3. The molecule has 0 aliphatic carbocycles. The number of nitrogens with zero attached hydrogens (tertiary/aromatic N) is 2. The van der Waals surface area contributed by atoms with Crippen molar-refractivity contribution in [3.8, 4) is 0 Å². The van der Waals surface area contributed by atoms with Crippen LogP contribution in [-0.2, 0) is 13.5 Å². The number of hydrogen-bond acceptors (Lipinski definition) is 3. The Kier molecular flexibility index (Phi) is 2.65. The summed E-state index contributed by atoms with van der Waals surface area (Å²) in [5.41, 5.74) is 0. The molecule has 2 heterocycles. The lowest BCUT2D eigenvalue weighted by molar-refractivity contribution is 0.178. The highest BCUT2D eigenvalue weighted by Gasteiger charge is 2.11. The molecule has 14 heavy (non-hydrogen) atoms. The van der Waals surface area contributed by atoms with Gasteiger partial charge in [0.2, 0.25) is 0 Å². The summed E-state index contributed by atoms with van der Waals surface area (Å²) in [5, 5.41) is 11.8. The fourth-order valence-corrected chi connectivity index (χ4v) is 2.06. The van der Waals surface area contributed by atoms with Gasteiger partial charge in [0.15, 0.2) is 0 Å². The largest absolute Gasteiger partial charge is 0.387 e. The van der Waals surface area contributed by atoms with Crippen molar-refractivity contribution in [3.63, 3.8) is 0 Å². The van der Waals surface area contributed by atoms with Crippen LogP contribution in [0.2, 0.25) is 0 Å². The Balaban J connectivity index is 2.09. The van der Waals surface area contributed by atoms with Crippen molar-refractivity contribution in [1.29, 1.82) is 0 Å². The van der Waals surface area contributed by atoms with Crippen LogP contribution in [0.1, 0.15) is 16.8 Å². The summed E-state index contributed by atoms with van der Waals surface area (Å²) in [6, 6.07) is 3.89. The van der Waals surface area contributed by atoms with Crippen molar-refractivity contribution in [1.82, 2.24) is 9.55 Å². The van der Waals surface area contributed by atoms with Crippen molar-refractivity contribution >= 4 is 11.3 Å². The van der Waals surface area contributed by atoms with E-state index in [1.165, 1.54) is 0 Å². The summed E-state index contributed by atoms with van der Waals surface area (Å²) < 4.78 is 1.93. The van der Waals surface area contributed by atoms with Crippen LogP contribution in [-0.4, -0.2) is 14.7 Å². The molecule has 74 valence electrons. The van der Waals surface area contributed by atoms with Crippen LogP contribution in [0.15, 0.2) is 29.9 Å². The van der Waals surface area contributed by atoms with Crippen molar-refractivity contribution in [2.24, 2.45) is 7.05 Å². The molecule has 0 aliphatic rings. The smallest absolute Gasteiger partial charge is 0.111 e. The van der Waals surface area contributed by atoms with Crippen molar-refractivity contribution in [3.05, 3.63) is 40.6 Å². The van der Waals surface area contributed by atoms with Crippen LogP contribution in [0.5, 0.6) is 0 Å². The average Bonchev–Trinajstić information content (AvgIpc) is 2.77. The maximum absolute atomic E-state index is 9.86. The van der Waals surface area contributed by atoms with Gasteiger partial charge in [0.1, 0.15) is 5.82 Å². The van der Waals surface area contributed by atoms with E-state index in [0.717, 1.165) is 10.7 Å². The number of thiophene rings is 1. The molecule has 2 aromatic rings. The van der Waals surface area contributed by atoms with E-state index in [2.05, 4.69) is 4.98 Å². The van der Waals surface area contributed by atoms with Crippen LogP contribution < -0.4 is 0 Å². The number of aliphatic hydroxyl groups excluding tert-OH is 1. The molecule has 0 aliphatic heterocycles. The zero-order valence-electron chi connectivity index (χ0n) is 7.92. The first-order valence-corrected chi connectivity index (χ1v) is 5.33. The lowest BCUT2D eigenvalue weighted by atomic mass is 10.2. The van der Waals surface area contributed by atoms with Crippen molar-refractivity contribution in [2.75, 3.05) is 0 Å². The minimum absolute atomic E-state index is 0.434. The molecule has 0 saturated heterocycles. The van der Waals surface area contributed by atoms with Gasteiger partial charge in [-0.15, -0.1) is 11.3 Å². The van der Waals surface area contributed by atoms with Crippen LogP contribution >= 0.6 is 11.3 Å². The number of imidazole rings is 1. The second-order valence-corrected chi connectivity index (χ2v) is 4.17. The minimum atomic E-state index is -0.434. The molecule has 0 amide bonds. The number of hydrogen-bond donors (Lipinski definition) is 1. The van der Waals surface area contributed by atoms with E-state index in [1.807, 2.05) is 35.3 Å². The second kappa shape index (κ2) is 3.94. The van der Waals surface area contributed by atoms with Crippen LogP contribution in [0.3, 0.4) is 0 Å². The molecular weight excluding hydrogens is 196 g/mol. The highest BCUT2D eigenvalue weighted by atomic mass is 32.1. The Morgan fingerprint density at radius 1 is 1.64 bits per heavy atom. The van der Waals surface area contributed by atoms with E-state index < -0.39 is 6.10 Å². The minimum Gasteiger partial charge on any atom is -0.387 e. The fraction of sp³-hybridized carbons (Fsp3) is 0.300. The lowest BCUT2D eigenvalue weighted by Crippen LogP contribution is -2.05. The Bertz CT molecular complexity index is 394. The second-order valence-electron chi connectivity index (χ2n) is 3.19. The SMILES string of the molecule is Cn1ccnc1CC(O)c1cccs1. The Morgan fingerprint density at radius 3 is 3.07 bits per heavy atom. The summed E-state index contributed by atoms with van der Waals surface area (Å²) >= 11 is 1.57. The van der Waals surface area contributed by atoms with E-state index in [1.54, 1.807) is 17.5 Å². The molecule has 1 unspecified atom stereocenters. The molecule has 0 radical (unpaired) electrons. The van der Waals surface area contributed by atoms with E-state index in [0.29, 0.717) is 6.42 Å². The van der Waals surface area contributed by atoms with E-state index in [9.17, 15) is 5.11 Å². The summed E-state index contributed by atoms with van der Waals surface area (Å²) in [6.45, 7) is 0. The molecule has 2 aromatic heterocycles. The Hall–Kier alpha value is -1.13. The van der Waals surface area contributed by atoms with Gasteiger partial charge < -0.3 is 9.67 Å². The third-order valence-corrected chi connectivity index (χ3v) is 3.14. The predicted octanol–water partition coefficient (Wildman–Crippen LogP) is 1.76. The summed E-state index contributed by atoms with van der Waals surface area (Å²) in [4.78, 5) is 5.17. The average molecular weight is 208 g/mol. The summed E-state index contributed by atoms with van der Waals surface area (Å²) in [6.07, 6.45) is 3.77. The molecule has 1 atom stereocenters. The highest BCUT2D eigenvalue weighted by molar-refractivity contribution is 7.10. The summed E-state index contributed by atoms with van der Waals surface area (Å²) in [7, 11) is 1.93. The molecule has 1 N–H and O–H groups in total. The maximum Gasteiger partial charge on any atom is 0.111 e. The quantitative estimate of drug-likeness (QED) is 0.834. The third kappa shape index (κ3) is 1.86. The van der Waals surface area contributed by atoms with E-state index in [4.69, 9.17) is 0 Å². The first-order chi connectivity index (χ1) is 6.77. The van der Waals surface area contributed by atoms with Crippen LogP contribution in [0, 0.1) is 0 Å². The number of aryl methyl sites for hydroxylation is 1. The molecular formula is C10H12N2OS. The van der Waals surface area contributed by atoms with Gasteiger partial charge in [0, 0.05) is 30.7 Å². The normalized spacial score (nSPS) is 13.0. The summed E-state index contributed by atoms with van der Waals surface area (Å²) in [5.74, 6) is 0.908. The van der Waals surface area contributed by atoms with Gasteiger partial charge in [-0.25, -0.2) is 4.98 Å². The van der Waals surface area contributed by atoms with E-state index >= 15 is 0 Å². The molecule has 0 bridgehead atoms. The topological polar surface area (TPSA) is 38.0 Å². The van der Waals surface area contributed by atoms with Crippen molar-refractivity contribution in [2.45, 2.75) is 12.5 Å². The van der Waals surface area contributed by atoms with Crippen LogP contribution in [0.25, 0.3) is 0 Å². The van der Waals surface area contributed by atoms with Gasteiger partial charge >= 0.3 is 0 Å². The molecule has 0 spiro atoms. The van der Waals surface area contributed by atoms with Gasteiger partial charge in [-0.1, -0.05) is 6.07 Å². The number of aromatic nitrogens is 2. The number of rotatable bonds is 3. The Morgan fingerprint density at radius 2 is 2.50 bits per heavy atom. The highest BCUT2D eigenvalue weighted by Crippen LogP contribution is 2.21. The van der Waals surface area contributed by atoms with Gasteiger partial charge in [0.05, 0.1) is 6.10 Å². The third-order valence-electron chi connectivity index (χ3n) is 2.17. The first-order valence-electron chi connectivity index (χ1n) is 4.45. The first kappa shape index (κ1) is 9.43. The molecule has 3 nitrogen and oxygen atoms in total. The maximum atomic E-state index is 9.86. The zero-order valence-corrected chi connectivity index (χ0v) is 8.74. The fourth-order valence-electron chi connectivity index (χ4n) is 1.35. The Labute approximate surface area is 86.7 Å². The molecule has 2 rings (SSSR count). The molecule has 0 fully saturated rings. The number of aliphatic hydroxyl groups is 1. The molecule has 0 saturated carbocycles.